The summed E-state index contributed by atoms with van der Waals surface area (Å²) in [7, 11) is 0. The Hall–Kier alpha value is -1.61. The van der Waals surface area contributed by atoms with Crippen molar-refractivity contribution in [2.24, 2.45) is 0 Å². The minimum absolute atomic E-state index is 0.275. The SMILES string of the molecule is Cc1ccc2ncc(N3CC(C)OC(C)C3)cc2c1. The van der Waals surface area contributed by atoms with E-state index in [-0.39, 0.29) is 12.2 Å². The number of aromatic nitrogens is 1. The number of aryl methyl sites for hydroxylation is 1. The second kappa shape index (κ2) is 4.82. The van der Waals surface area contributed by atoms with Gasteiger partial charge < -0.3 is 9.64 Å². The predicted octanol–water partition coefficient (Wildman–Crippen LogP) is 3.16. The normalized spacial score (nSPS) is 23.8. The summed E-state index contributed by atoms with van der Waals surface area (Å²) in [6.45, 7) is 8.24. The molecule has 0 spiro atoms. The van der Waals surface area contributed by atoms with Crippen LogP contribution in [0.2, 0.25) is 0 Å². The standard InChI is InChI=1S/C16H20N2O/c1-11-4-5-16-14(6-11)7-15(8-17-16)18-9-12(2)19-13(3)10-18/h4-8,12-13H,9-10H2,1-3H3. The van der Waals surface area contributed by atoms with Gasteiger partial charge in [-0.2, -0.15) is 0 Å². The Labute approximate surface area is 114 Å². The van der Waals surface area contributed by atoms with Crippen LogP contribution in [-0.2, 0) is 4.74 Å². The molecule has 1 fully saturated rings. The number of pyridine rings is 1. The van der Waals surface area contributed by atoms with Gasteiger partial charge in [-0.3, -0.25) is 4.98 Å². The van der Waals surface area contributed by atoms with Crippen LogP contribution in [0.3, 0.4) is 0 Å². The van der Waals surface area contributed by atoms with Crippen molar-refractivity contribution in [2.45, 2.75) is 33.0 Å². The number of morpholine rings is 1. The second-order valence-electron chi connectivity index (χ2n) is 5.55. The van der Waals surface area contributed by atoms with Gasteiger partial charge in [0.1, 0.15) is 0 Å². The van der Waals surface area contributed by atoms with Gasteiger partial charge in [0, 0.05) is 18.5 Å². The Morgan fingerprint density at radius 2 is 1.89 bits per heavy atom. The highest BCUT2D eigenvalue weighted by molar-refractivity contribution is 5.82. The van der Waals surface area contributed by atoms with Crippen LogP contribution in [0, 0.1) is 6.92 Å². The van der Waals surface area contributed by atoms with Crippen molar-refractivity contribution in [3.8, 4) is 0 Å². The smallest absolute Gasteiger partial charge is 0.0726 e. The Morgan fingerprint density at radius 1 is 1.16 bits per heavy atom. The van der Waals surface area contributed by atoms with Crippen molar-refractivity contribution in [1.82, 2.24) is 4.98 Å². The van der Waals surface area contributed by atoms with E-state index in [4.69, 9.17) is 4.74 Å². The van der Waals surface area contributed by atoms with E-state index in [1.807, 2.05) is 6.20 Å². The number of hydrogen-bond acceptors (Lipinski definition) is 3. The summed E-state index contributed by atoms with van der Waals surface area (Å²) in [5.74, 6) is 0. The number of rotatable bonds is 1. The summed E-state index contributed by atoms with van der Waals surface area (Å²) in [5, 5.41) is 1.21. The molecule has 0 saturated carbocycles. The highest BCUT2D eigenvalue weighted by atomic mass is 16.5. The number of ether oxygens (including phenoxy) is 1. The molecule has 19 heavy (non-hydrogen) atoms. The first-order valence-corrected chi connectivity index (χ1v) is 6.88. The zero-order chi connectivity index (χ0) is 13.4. The molecule has 3 nitrogen and oxygen atoms in total. The molecule has 1 aromatic carbocycles. The second-order valence-corrected chi connectivity index (χ2v) is 5.55. The number of fused-ring (bicyclic) bond motifs is 1. The average Bonchev–Trinajstić information content (AvgIpc) is 2.36. The van der Waals surface area contributed by atoms with Crippen molar-refractivity contribution in [3.63, 3.8) is 0 Å². The first-order chi connectivity index (χ1) is 9.11. The van der Waals surface area contributed by atoms with Gasteiger partial charge in [-0.1, -0.05) is 11.6 Å². The molecule has 1 aliphatic rings. The van der Waals surface area contributed by atoms with Crippen molar-refractivity contribution >= 4 is 16.6 Å². The van der Waals surface area contributed by atoms with E-state index in [0.717, 1.165) is 18.6 Å². The summed E-state index contributed by atoms with van der Waals surface area (Å²) < 4.78 is 5.78. The third kappa shape index (κ3) is 2.56. The number of hydrogen-bond donors (Lipinski definition) is 0. The van der Waals surface area contributed by atoms with Crippen molar-refractivity contribution in [1.29, 1.82) is 0 Å². The van der Waals surface area contributed by atoms with Gasteiger partial charge in [0.25, 0.3) is 0 Å². The van der Waals surface area contributed by atoms with Gasteiger partial charge in [-0.15, -0.1) is 0 Å². The molecule has 2 unspecified atom stereocenters. The number of anilines is 1. The minimum Gasteiger partial charge on any atom is -0.372 e. The average molecular weight is 256 g/mol. The fourth-order valence-electron chi connectivity index (χ4n) is 2.80. The molecule has 2 heterocycles. The highest BCUT2D eigenvalue weighted by Crippen LogP contribution is 2.24. The molecule has 1 aliphatic heterocycles. The lowest BCUT2D eigenvalue weighted by Crippen LogP contribution is -2.45. The lowest BCUT2D eigenvalue weighted by molar-refractivity contribution is -0.00522. The fourth-order valence-corrected chi connectivity index (χ4v) is 2.80. The molecule has 0 radical (unpaired) electrons. The van der Waals surface area contributed by atoms with Crippen LogP contribution < -0.4 is 4.90 Å². The zero-order valence-corrected chi connectivity index (χ0v) is 11.8. The van der Waals surface area contributed by atoms with Crippen LogP contribution in [-0.4, -0.2) is 30.3 Å². The van der Waals surface area contributed by atoms with Crippen LogP contribution in [0.1, 0.15) is 19.4 Å². The third-order valence-electron chi connectivity index (χ3n) is 3.61. The van der Waals surface area contributed by atoms with Gasteiger partial charge in [-0.25, -0.2) is 0 Å². The molecule has 3 rings (SSSR count). The molecular formula is C16H20N2O. The minimum atomic E-state index is 0.275. The largest absolute Gasteiger partial charge is 0.372 e. The lowest BCUT2D eigenvalue weighted by Gasteiger charge is -2.36. The van der Waals surface area contributed by atoms with Crippen LogP contribution >= 0.6 is 0 Å². The van der Waals surface area contributed by atoms with Crippen molar-refractivity contribution in [2.75, 3.05) is 18.0 Å². The summed E-state index contributed by atoms with van der Waals surface area (Å²) in [5.41, 5.74) is 3.53. The lowest BCUT2D eigenvalue weighted by atomic mass is 10.1. The maximum atomic E-state index is 5.78. The van der Waals surface area contributed by atoms with E-state index in [9.17, 15) is 0 Å². The molecule has 0 bridgehead atoms. The highest BCUT2D eigenvalue weighted by Gasteiger charge is 2.22. The first kappa shape index (κ1) is 12.4. The molecular weight excluding hydrogens is 236 g/mol. The molecule has 0 amide bonds. The quantitative estimate of drug-likeness (QED) is 0.783. The van der Waals surface area contributed by atoms with Gasteiger partial charge in [0.2, 0.25) is 0 Å². The summed E-state index contributed by atoms with van der Waals surface area (Å²) in [4.78, 5) is 6.93. The molecule has 0 N–H and O–H groups in total. The molecule has 0 aliphatic carbocycles. The Bertz CT molecular complexity index is 586. The van der Waals surface area contributed by atoms with Crippen molar-refractivity contribution < 1.29 is 4.74 Å². The van der Waals surface area contributed by atoms with Gasteiger partial charge in [-0.05, 0) is 39.0 Å². The maximum absolute atomic E-state index is 5.78. The third-order valence-corrected chi connectivity index (χ3v) is 3.61. The topological polar surface area (TPSA) is 25.4 Å². The molecule has 1 saturated heterocycles. The van der Waals surface area contributed by atoms with Gasteiger partial charge >= 0.3 is 0 Å². The predicted molar refractivity (Wildman–Crippen MR) is 78.7 cm³/mol. The first-order valence-electron chi connectivity index (χ1n) is 6.88. The van der Waals surface area contributed by atoms with Crippen molar-refractivity contribution in [3.05, 3.63) is 36.0 Å². The monoisotopic (exact) mass is 256 g/mol. The number of benzene rings is 1. The zero-order valence-electron chi connectivity index (χ0n) is 11.8. The fraction of sp³-hybridized carbons (Fsp3) is 0.438. The van der Waals surface area contributed by atoms with Crippen LogP contribution in [0.4, 0.5) is 5.69 Å². The molecule has 3 heteroatoms. The molecule has 2 atom stereocenters. The summed E-state index contributed by atoms with van der Waals surface area (Å²) in [6.07, 6.45) is 2.52. The van der Waals surface area contributed by atoms with E-state index < -0.39 is 0 Å². The summed E-state index contributed by atoms with van der Waals surface area (Å²) in [6, 6.07) is 8.62. The summed E-state index contributed by atoms with van der Waals surface area (Å²) >= 11 is 0. The van der Waals surface area contributed by atoms with E-state index in [1.54, 1.807) is 0 Å². The maximum Gasteiger partial charge on any atom is 0.0726 e. The van der Waals surface area contributed by atoms with Gasteiger partial charge in [0.05, 0.1) is 29.6 Å². The van der Waals surface area contributed by atoms with Crippen LogP contribution in [0.5, 0.6) is 0 Å². The van der Waals surface area contributed by atoms with Crippen LogP contribution in [0.25, 0.3) is 10.9 Å². The number of nitrogens with zero attached hydrogens (tertiary/aromatic N) is 2. The molecule has 100 valence electrons. The molecule has 1 aromatic heterocycles. The Balaban J connectivity index is 1.96. The van der Waals surface area contributed by atoms with E-state index in [1.165, 1.54) is 16.6 Å². The Morgan fingerprint density at radius 3 is 2.63 bits per heavy atom. The molecule has 2 aromatic rings. The Kier molecular flexibility index (Phi) is 3.15. The van der Waals surface area contributed by atoms with E-state index in [2.05, 4.69) is 54.9 Å². The van der Waals surface area contributed by atoms with Gasteiger partial charge in [0.15, 0.2) is 0 Å². The van der Waals surface area contributed by atoms with E-state index >= 15 is 0 Å². The van der Waals surface area contributed by atoms with E-state index in [0.29, 0.717) is 0 Å². The van der Waals surface area contributed by atoms with Crippen LogP contribution in [0.15, 0.2) is 30.5 Å².